The van der Waals surface area contributed by atoms with Crippen LogP contribution < -0.4 is 0 Å². The van der Waals surface area contributed by atoms with Gasteiger partial charge in [0.1, 0.15) is 0 Å². The van der Waals surface area contributed by atoms with Gasteiger partial charge >= 0.3 is 5.97 Å². The van der Waals surface area contributed by atoms with E-state index in [0.717, 1.165) is 29.3 Å². The summed E-state index contributed by atoms with van der Waals surface area (Å²) in [6.07, 6.45) is 10.7. The first kappa shape index (κ1) is 18.5. The maximum atomic E-state index is 11.9. The minimum atomic E-state index is -0.146. The van der Waals surface area contributed by atoms with Gasteiger partial charge in [-0.15, -0.1) is 0 Å². The summed E-state index contributed by atoms with van der Waals surface area (Å²) >= 11 is 0. The fraction of sp³-hybridized carbons (Fsp3) is 0.550. The topological polar surface area (TPSA) is 51.5 Å². The Morgan fingerprint density at radius 3 is 2.54 bits per heavy atom. The molecule has 0 radical (unpaired) electrons. The molecule has 1 N–H and O–H groups in total. The molecular weight excluding hydrogens is 302 g/mol. The molecule has 0 aliphatic heterocycles. The molecule has 0 aliphatic rings. The Balaban J connectivity index is 1.72. The number of unbranched alkanes of at least 4 members (excludes halogenated alkanes) is 6. The van der Waals surface area contributed by atoms with Crippen LogP contribution >= 0.6 is 0 Å². The average molecular weight is 331 g/mol. The largest absolute Gasteiger partial charge is 0.444 e. The lowest BCUT2D eigenvalue weighted by atomic mass is 10.1. The SMILES string of the molecule is CCCCCCCCCC(=O)OCn1cc(CO)c2ccccc21. The summed E-state index contributed by atoms with van der Waals surface area (Å²) in [5.74, 6) is -0.146. The van der Waals surface area contributed by atoms with E-state index in [-0.39, 0.29) is 19.3 Å². The van der Waals surface area contributed by atoms with Gasteiger partial charge in [0.05, 0.1) is 12.1 Å². The van der Waals surface area contributed by atoms with Gasteiger partial charge in [0, 0.05) is 23.6 Å². The van der Waals surface area contributed by atoms with Crippen LogP contribution in [0.3, 0.4) is 0 Å². The predicted molar refractivity (Wildman–Crippen MR) is 96.6 cm³/mol. The van der Waals surface area contributed by atoms with Crippen LogP contribution in [0.1, 0.15) is 63.9 Å². The van der Waals surface area contributed by atoms with E-state index in [1.54, 1.807) is 0 Å². The van der Waals surface area contributed by atoms with E-state index in [1.165, 1.54) is 32.1 Å². The summed E-state index contributed by atoms with van der Waals surface area (Å²) in [7, 11) is 0. The van der Waals surface area contributed by atoms with Crippen molar-refractivity contribution in [2.24, 2.45) is 0 Å². The highest BCUT2D eigenvalue weighted by atomic mass is 16.5. The highest BCUT2D eigenvalue weighted by Gasteiger charge is 2.09. The molecule has 1 aromatic heterocycles. The second-order valence-corrected chi connectivity index (χ2v) is 6.32. The third-order valence-corrected chi connectivity index (χ3v) is 4.39. The zero-order valence-electron chi connectivity index (χ0n) is 14.7. The smallest absolute Gasteiger partial charge is 0.307 e. The number of hydrogen-bond donors (Lipinski definition) is 1. The average Bonchev–Trinajstić information content (AvgIpc) is 2.97. The van der Waals surface area contributed by atoms with Crippen LogP contribution in [-0.4, -0.2) is 15.6 Å². The van der Waals surface area contributed by atoms with Gasteiger partial charge in [-0.25, -0.2) is 0 Å². The zero-order valence-corrected chi connectivity index (χ0v) is 14.7. The van der Waals surface area contributed by atoms with Gasteiger partial charge in [0.15, 0.2) is 6.73 Å². The number of nitrogens with zero attached hydrogens (tertiary/aromatic N) is 1. The Morgan fingerprint density at radius 2 is 1.79 bits per heavy atom. The Bertz CT molecular complexity index is 633. The number of aliphatic hydroxyl groups excluding tert-OH is 1. The van der Waals surface area contributed by atoms with E-state index in [9.17, 15) is 9.90 Å². The summed E-state index contributed by atoms with van der Waals surface area (Å²) in [6, 6.07) is 7.83. The lowest BCUT2D eigenvalue weighted by Gasteiger charge is -2.07. The predicted octanol–water partition coefficient (Wildman–Crippen LogP) is 4.78. The Kier molecular flexibility index (Phi) is 7.83. The quantitative estimate of drug-likeness (QED) is 0.476. The Labute approximate surface area is 144 Å². The Hall–Kier alpha value is -1.81. The number of para-hydroxylation sites is 1. The molecule has 0 atom stereocenters. The molecule has 24 heavy (non-hydrogen) atoms. The van der Waals surface area contributed by atoms with Gasteiger partial charge in [0.2, 0.25) is 0 Å². The molecule has 0 spiro atoms. The number of aliphatic hydroxyl groups is 1. The monoisotopic (exact) mass is 331 g/mol. The van der Waals surface area contributed by atoms with E-state index in [0.29, 0.717) is 6.42 Å². The van der Waals surface area contributed by atoms with Crippen LogP contribution in [0.15, 0.2) is 30.5 Å². The molecule has 0 saturated heterocycles. The minimum Gasteiger partial charge on any atom is -0.444 e. The fourth-order valence-corrected chi connectivity index (χ4v) is 3.00. The molecule has 4 heteroatoms. The standard InChI is InChI=1S/C20H29NO3/c1-2-3-4-5-6-7-8-13-20(23)24-16-21-14-17(15-22)18-11-9-10-12-19(18)21/h9-12,14,22H,2-8,13,15-16H2,1H3. The van der Waals surface area contributed by atoms with Crippen molar-refractivity contribution in [3.8, 4) is 0 Å². The number of esters is 1. The molecule has 0 bridgehead atoms. The summed E-state index contributed by atoms with van der Waals surface area (Å²) in [6.45, 7) is 2.41. The van der Waals surface area contributed by atoms with Crippen LogP contribution in [0, 0.1) is 0 Å². The summed E-state index contributed by atoms with van der Waals surface area (Å²) in [5.41, 5.74) is 1.83. The van der Waals surface area contributed by atoms with Crippen molar-refractivity contribution < 1.29 is 14.6 Å². The van der Waals surface area contributed by atoms with Gasteiger partial charge in [-0.3, -0.25) is 4.79 Å². The van der Waals surface area contributed by atoms with E-state index < -0.39 is 0 Å². The van der Waals surface area contributed by atoms with Crippen molar-refractivity contribution in [1.29, 1.82) is 0 Å². The number of aromatic nitrogens is 1. The molecule has 132 valence electrons. The van der Waals surface area contributed by atoms with Crippen LogP contribution in [-0.2, 0) is 22.9 Å². The molecule has 0 saturated carbocycles. The molecule has 1 aromatic carbocycles. The number of carbonyl (C=O) groups is 1. The van der Waals surface area contributed by atoms with Crippen molar-refractivity contribution in [2.75, 3.05) is 0 Å². The number of hydrogen-bond acceptors (Lipinski definition) is 3. The van der Waals surface area contributed by atoms with E-state index in [2.05, 4.69) is 6.92 Å². The lowest BCUT2D eigenvalue weighted by molar-refractivity contribution is -0.147. The number of ether oxygens (including phenoxy) is 1. The summed E-state index contributed by atoms with van der Waals surface area (Å²) in [5, 5.41) is 10.4. The molecule has 0 amide bonds. The molecule has 0 fully saturated rings. The molecular formula is C20H29NO3. The van der Waals surface area contributed by atoms with Gasteiger partial charge in [-0.05, 0) is 12.5 Å². The molecule has 0 unspecified atom stereocenters. The summed E-state index contributed by atoms with van der Waals surface area (Å²) < 4.78 is 7.26. The van der Waals surface area contributed by atoms with Crippen molar-refractivity contribution in [1.82, 2.24) is 4.57 Å². The van der Waals surface area contributed by atoms with Gasteiger partial charge in [-0.1, -0.05) is 63.6 Å². The first-order valence-electron chi connectivity index (χ1n) is 9.09. The second kappa shape index (κ2) is 10.1. The Morgan fingerprint density at radius 1 is 1.08 bits per heavy atom. The van der Waals surface area contributed by atoms with Crippen LogP contribution in [0.5, 0.6) is 0 Å². The number of benzene rings is 1. The summed E-state index contributed by atoms with van der Waals surface area (Å²) in [4.78, 5) is 11.9. The number of carbonyl (C=O) groups excluding carboxylic acids is 1. The van der Waals surface area contributed by atoms with Crippen molar-refractivity contribution in [3.63, 3.8) is 0 Å². The highest BCUT2D eigenvalue weighted by Crippen LogP contribution is 2.21. The van der Waals surface area contributed by atoms with E-state index >= 15 is 0 Å². The van der Waals surface area contributed by atoms with Gasteiger partial charge < -0.3 is 14.4 Å². The number of rotatable bonds is 11. The zero-order chi connectivity index (χ0) is 17.2. The minimum absolute atomic E-state index is 0.0144. The van der Waals surface area contributed by atoms with Crippen molar-refractivity contribution >= 4 is 16.9 Å². The van der Waals surface area contributed by atoms with E-state index in [4.69, 9.17) is 4.74 Å². The lowest BCUT2D eigenvalue weighted by Crippen LogP contribution is -2.08. The van der Waals surface area contributed by atoms with Crippen molar-refractivity contribution in [2.45, 2.75) is 71.6 Å². The molecule has 2 rings (SSSR count). The maximum Gasteiger partial charge on any atom is 0.307 e. The fourth-order valence-electron chi connectivity index (χ4n) is 3.00. The first-order valence-corrected chi connectivity index (χ1v) is 9.09. The van der Waals surface area contributed by atoms with E-state index in [1.807, 2.05) is 35.0 Å². The number of fused-ring (bicyclic) bond motifs is 1. The third-order valence-electron chi connectivity index (χ3n) is 4.39. The van der Waals surface area contributed by atoms with Crippen LogP contribution in [0.2, 0.25) is 0 Å². The van der Waals surface area contributed by atoms with Crippen LogP contribution in [0.4, 0.5) is 0 Å². The second-order valence-electron chi connectivity index (χ2n) is 6.32. The molecule has 4 nitrogen and oxygen atoms in total. The highest BCUT2D eigenvalue weighted by molar-refractivity contribution is 5.83. The third kappa shape index (κ3) is 5.38. The van der Waals surface area contributed by atoms with Crippen molar-refractivity contribution in [3.05, 3.63) is 36.0 Å². The molecule has 1 heterocycles. The van der Waals surface area contributed by atoms with Gasteiger partial charge in [0.25, 0.3) is 0 Å². The molecule has 2 aromatic rings. The molecule has 0 aliphatic carbocycles. The normalized spacial score (nSPS) is 11.1. The first-order chi connectivity index (χ1) is 11.8. The maximum absolute atomic E-state index is 11.9. The van der Waals surface area contributed by atoms with Crippen LogP contribution in [0.25, 0.3) is 10.9 Å². The van der Waals surface area contributed by atoms with Gasteiger partial charge in [-0.2, -0.15) is 0 Å².